The zero-order valence-electron chi connectivity index (χ0n) is 25.9. The van der Waals surface area contributed by atoms with E-state index in [0.717, 1.165) is 81.8 Å². The lowest BCUT2D eigenvalue weighted by molar-refractivity contribution is 0.592. The molecule has 0 aliphatic heterocycles. The highest BCUT2D eigenvalue weighted by Crippen LogP contribution is 2.44. The van der Waals surface area contributed by atoms with E-state index in [0.29, 0.717) is 0 Å². The second-order valence-electron chi connectivity index (χ2n) is 11.9. The molecule has 0 aliphatic rings. The number of rotatable bonds is 5. The van der Waals surface area contributed by atoms with E-state index >= 15 is 4.57 Å². The molecule has 4 nitrogen and oxygen atoms in total. The van der Waals surface area contributed by atoms with Crippen LogP contribution in [0, 0.1) is 0 Å². The molecule has 48 heavy (non-hydrogen) atoms. The number of nitrogens with zero attached hydrogens (tertiary/aromatic N) is 3. The molecule has 0 unspecified atom stereocenters. The van der Waals surface area contributed by atoms with Crippen molar-refractivity contribution in [2.24, 2.45) is 0 Å². The zero-order chi connectivity index (χ0) is 32.1. The molecule has 0 aliphatic carbocycles. The van der Waals surface area contributed by atoms with E-state index in [2.05, 4.69) is 66.7 Å². The largest absolute Gasteiger partial charge is 0.309 e. The summed E-state index contributed by atoms with van der Waals surface area (Å²) in [6.07, 6.45) is 3.66. The van der Waals surface area contributed by atoms with Gasteiger partial charge in [-0.3, -0.25) is 9.97 Å². The molecule has 0 saturated heterocycles. The Labute approximate surface area is 277 Å². The summed E-state index contributed by atoms with van der Waals surface area (Å²) >= 11 is 0. The molecule has 0 N–H and O–H groups in total. The quantitative estimate of drug-likeness (QED) is 0.140. The summed E-state index contributed by atoms with van der Waals surface area (Å²) in [7, 11) is -3.13. The van der Waals surface area contributed by atoms with Crippen LogP contribution < -0.4 is 15.9 Å². The maximum atomic E-state index is 15.2. The molecule has 6 aromatic carbocycles. The fourth-order valence-corrected chi connectivity index (χ4v) is 9.68. The summed E-state index contributed by atoms with van der Waals surface area (Å²) < 4.78 is 15.2. The molecule has 0 spiro atoms. The Bertz CT molecular complexity index is 2650. The van der Waals surface area contributed by atoms with E-state index in [1.165, 1.54) is 0 Å². The standard InChI is InChI=1S/C43H28N3OP/c47-48(32-16-6-2-7-17-32,33-18-8-3-9-19-33)34-20-10-15-30(27-34)31-23-24-35-38(28-31)46-41(29-13-4-1-5-14-29)40-37-22-12-26-45-43(37)42-36(39(35)40)21-11-25-44-42/h1-28H. The summed E-state index contributed by atoms with van der Waals surface area (Å²) in [5, 5.41) is 7.73. The van der Waals surface area contributed by atoms with Gasteiger partial charge in [-0.25, -0.2) is 4.98 Å². The summed E-state index contributed by atoms with van der Waals surface area (Å²) in [5.74, 6) is 0. The Balaban J connectivity index is 1.31. The van der Waals surface area contributed by atoms with Gasteiger partial charge in [-0.1, -0.05) is 133 Å². The van der Waals surface area contributed by atoms with Crippen LogP contribution in [0.15, 0.2) is 170 Å². The maximum absolute atomic E-state index is 15.2. The molecule has 3 aromatic heterocycles. The predicted molar refractivity (Wildman–Crippen MR) is 200 cm³/mol. The second kappa shape index (κ2) is 11.4. The highest BCUT2D eigenvalue weighted by molar-refractivity contribution is 7.85. The molecule has 0 radical (unpaired) electrons. The zero-order valence-corrected chi connectivity index (χ0v) is 26.8. The van der Waals surface area contributed by atoms with Crippen LogP contribution in [0.2, 0.25) is 0 Å². The number of benzene rings is 6. The van der Waals surface area contributed by atoms with Crippen LogP contribution in [-0.4, -0.2) is 15.0 Å². The van der Waals surface area contributed by atoms with Crippen molar-refractivity contribution in [3.8, 4) is 22.4 Å². The molecule has 226 valence electrons. The van der Waals surface area contributed by atoms with Gasteiger partial charge in [-0.05, 0) is 35.4 Å². The van der Waals surface area contributed by atoms with E-state index in [1.807, 2.05) is 103 Å². The van der Waals surface area contributed by atoms with Crippen molar-refractivity contribution in [1.29, 1.82) is 0 Å². The summed E-state index contributed by atoms with van der Waals surface area (Å²) in [6, 6.07) is 52.8. The van der Waals surface area contributed by atoms with Crippen molar-refractivity contribution >= 4 is 66.5 Å². The maximum Gasteiger partial charge on any atom is 0.171 e. The lowest BCUT2D eigenvalue weighted by Crippen LogP contribution is -2.25. The third-order valence-corrected chi connectivity index (χ3v) is 12.3. The van der Waals surface area contributed by atoms with Gasteiger partial charge >= 0.3 is 0 Å². The highest BCUT2D eigenvalue weighted by atomic mass is 31.2. The van der Waals surface area contributed by atoms with Gasteiger partial charge in [0.05, 0.1) is 22.2 Å². The molecular weight excluding hydrogens is 605 g/mol. The topological polar surface area (TPSA) is 55.7 Å². The normalized spacial score (nSPS) is 11.8. The number of hydrogen-bond acceptors (Lipinski definition) is 4. The van der Waals surface area contributed by atoms with Gasteiger partial charge < -0.3 is 4.57 Å². The Hall–Kier alpha value is -5.96. The molecule has 9 aromatic rings. The summed E-state index contributed by atoms with van der Waals surface area (Å²) in [6.45, 7) is 0. The van der Waals surface area contributed by atoms with Gasteiger partial charge in [0.1, 0.15) is 0 Å². The van der Waals surface area contributed by atoms with E-state index in [9.17, 15) is 0 Å². The lowest BCUT2D eigenvalue weighted by atomic mass is 9.92. The van der Waals surface area contributed by atoms with Crippen molar-refractivity contribution in [3.63, 3.8) is 0 Å². The van der Waals surface area contributed by atoms with Crippen LogP contribution in [0.25, 0.3) is 65.9 Å². The minimum Gasteiger partial charge on any atom is -0.309 e. The number of fused-ring (bicyclic) bond motifs is 8. The SMILES string of the molecule is O=P(c1ccccc1)(c1ccccc1)c1cccc(-c2ccc3c(c2)nc(-c2ccccc2)c2c4cccnc4c4ncccc4c32)c1. The molecule has 9 rings (SSSR count). The third kappa shape index (κ3) is 4.45. The van der Waals surface area contributed by atoms with Crippen LogP contribution in [0.3, 0.4) is 0 Å². The van der Waals surface area contributed by atoms with Crippen LogP contribution in [0.1, 0.15) is 0 Å². The minimum absolute atomic E-state index is 0.796. The molecule has 0 amide bonds. The van der Waals surface area contributed by atoms with Crippen molar-refractivity contribution in [1.82, 2.24) is 15.0 Å². The van der Waals surface area contributed by atoms with Gasteiger partial charge in [-0.15, -0.1) is 0 Å². The first-order valence-electron chi connectivity index (χ1n) is 16.0. The van der Waals surface area contributed by atoms with Crippen molar-refractivity contribution in [3.05, 3.63) is 170 Å². The van der Waals surface area contributed by atoms with Crippen molar-refractivity contribution in [2.45, 2.75) is 0 Å². The van der Waals surface area contributed by atoms with Crippen LogP contribution in [-0.2, 0) is 4.57 Å². The molecule has 0 atom stereocenters. The third-order valence-electron chi connectivity index (χ3n) is 9.19. The van der Waals surface area contributed by atoms with E-state index in [-0.39, 0.29) is 0 Å². The Morgan fingerprint density at radius 2 is 0.958 bits per heavy atom. The Kier molecular flexibility index (Phi) is 6.70. The first-order valence-corrected chi connectivity index (χ1v) is 17.7. The van der Waals surface area contributed by atoms with Crippen LogP contribution in [0.4, 0.5) is 0 Å². The Morgan fingerprint density at radius 1 is 0.417 bits per heavy atom. The first kappa shape index (κ1) is 28.3. The van der Waals surface area contributed by atoms with E-state index < -0.39 is 7.14 Å². The fourth-order valence-electron chi connectivity index (χ4n) is 6.99. The van der Waals surface area contributed by atoms with Crippen molar-refractivity contribution < 1.29 is 4.57 Å². The van der Waals surface area contributed by atoms with Gasteiger partial charge in [0.2, 0.25) is 0 Å². The predicted octanol–water partition coefficient (Wildman–Crippen LogP) is 9.46. The number of hydrogen-bond donors (Lipinski definition) is 0. The summed E-state index contributed by atoms with van der Waals surface area (Å²) in [5.41, 5.74) is 6.57. The number of pyridine rings is 3. The smallest absolute Gasteiger partial charge is 0.171 e. The molecule has 3 heterocycles. The highest BCUT2D eigenvalue weighted by Gasteiger charge is 2.30. The Morgan fingerprint density at radius 3 is 1.60 bits per heavy atom. The van der Waals surface area contributed by atoms with Gasteiger partial charge in [-0.2, -0.15) is 0 Å². The van der Waals surface area contributed by atoms with Gasteiger partial charge in [0, 0.05) is 60.8 Å². The number of aromatic nitrogens is 3. The van der Waals surface area contributed by atoms with Gasteiger partial charge in [0.15, 0.2) is 7.14 Å². The average molecular weight is 634 g/mol. The van der Waals surface area contributed by atoms with E-state index in [1.54, 1.807) is 0 Å². The van der Waals surface area contributed by atoms with Gasteiger partial charge in [0.25, 0.3) is 0 Å². The molecular formula is C43H28N3OP. The van der Waals surface area contributed by atoms with Crippen LogP contribution >= 0.6 is 7.14 Å². The molecule has 5 heteroatoms. The molecule has 0 fully saturated rings. The lowest BCUT2D eigenvalue weighted by Gasteiger charge is -2.21. The molecule has 0 saturated carbocycles. The fraction of sp³-hybridized carbons (Fsp3) is 0. The monoisotopic (exact) mass is 633 g/mol. The molecule has 0 bridgehead atoms. The second-order valence-corrected chi connectivity index (χ2v) is 14.7. The average Bonchev–Trinajstić information content (AvgIpc) is 3.18. The van der Waals surface area contributed by atoms with Crippen molar-refractivity contribution in [2.75, 3.05) is 0 Å². The van der Waals surface area contributed by atoms with E-state index in [4.69, 9.17) is 15.0 Å². The summed E-state index contributed by atoms with van der Waals surface area (Å²) in [4.78, 5) is 15.0. The van der Waals surface area contributed by atoms with Crippen LogP contribution in [0.5, 0.6) is 0 Å². The minimum atomic E-state index is -3.13. The first-order chi connectivity index (χ1) is 23.7.